The maximum absolute atomic E-state index is 14.9. The van der Waals surface area contributed by atoms with Crippen molar-refractivity contribution in [2.24, 2.45) is 0 Å². The van der Waals surface area contributed by atoms with Gasteiger partial charge in [-0.25, -0.2) is 4.98 Å². The first-order valence-electron chi connectivity index (χ1n) is 27.6. The molecule has 0 radical (unpaired) electrons. The van der Waals surface area contributed by atoms with Crippen LogP contribution in [0.1, 0.15) is 77.9 Å². The Morgan fingerprint density at radius 2 is 0.500 bits per heavy atom. The molecule has 0 unspecified atom stereocenters. The van der Waals surface area contributed by atoms with Crippen LogP contribution in [-0.2, 0) is 12.4 Å². The molecular weight excluding hydrogens is 1030 g/mol. The van der Waals surface area contributed by atoms with Gasteiger partial charge in [0.1, 0.15) is 11.6 Å². The van der Waals surface area contributed by atoms with Crippen LogP contribution in [-0.4, -0.2) is 14.1 Å². The molecule has 0 bridgehead atoms. The number of aryl methyl sites for hydroxylation is 12. The first kappa shape index (κ1) is 53.9. The molecule has 0 N–H and O–H groups in total. The summed E-state index contributed by atoms with van der Waals surface area (Å²) in [4.78, 5) is 5.54. The number of hydrogen-bond donors (Lipinski definition) is 0. The quantitative estimate of drug-likeness (QED) is 0.146. The molecule has 0 aliphatic heterocycles. The Bertz CT molecular complexity index is 4070. The second-order valence-electron chi connectivity index (χ2n) is 23.1. The van der Waals surface area contributed by atoms with Gasteiger partial charge in [-0.15, -0.1) is 0 Å². The molecule has 3 heterocycles. The normalized spacial score (nSPS) is 12.3. The molecule has 0 aliphatic carbocycles. The van der Waals surface area contributed by atoms with E-state index in [0.717, 1.165) is 167 Å². The summed E-state index contributed by atoms with van der Waals surface area (Å²) in [7, 11) is 0. The van der Waals surface area contributed by atoms with Crippen LogP contribution < -0.4 is 0 Å². The first-order valence-corrected chi connectivity index (χ1v) is 27.6. The van der Waals surface area contributed by atoms with Crippen LogP contribution >= 0.6 is 0 Å². The Hall–Kier alpha value is -8.69. The lowest BCUT2D eigenvalue weighted by Crippen LogP contribution is -2.11. The molecule has 9 heteroatoms. The molecule has 0 fully saturated rings. The van der Waals surface area contributed by atoms with Gasteiger partial charge in [0.15, 0.2) is 0 Å². The van der Waals surface area contributed by atoms with Gasteiger partial charge in [0, 0.05) is 21.5 Å². The SMILES string of the molecule is Cc1cc(C)c(-c2ccc3c(c2)c2cc(-c4c(C)cc(C)cc4C)ccc2n3-c2cc(-c3cc(C(F)(F)F)cc(C(F)(F)F)c3)cc(-n3c4ccc(-c5c(C)cc(C)cc5C)cc4c4cc(-c5c(C)cc(C)cc5C)ccc43)n2)c(C)c1. The Balaban J connectivity index is 1.20. The van der Waals surface area contributed by atoms with E-state index in [2.05, 4.69) is 204 Å². The molecule has 12 rings (SSSR count). The first-order chi connectivity index (χ1) is 38.8. The number of rotatable bonds is 7. The largest absolute Gasteiger partial charge is 0.416 e. The highest BCUT2D eigenvalue weighted by Crippen LogP contribution is 2.45. The fourth-order valence-electron chi connectivity index (χ4n) is 13.7. The van der Waals surface area contributed by atoms with Crippen molar-refractivity contribution >= 4 is 43.6 Å². The third-order valence-electron chi connectivity index (χ3n) is 16.6. The van der Waals surface area contributed by atoms with Crippen LogP contribution in [0.3, 0.4) is 0 Å². The Morgan fingerprint density at radius 3 is 0.732 bits per heavy atom. The summed E-state index contributed by atoms with van der Waals surface area (Å²) in [5.41, 5.74) is 22.3. The van der Waals surface area contributed by atoms with Crippen molar-refractivity contribution in [1.82, 2.24) is 14.1 Å². The highest BCUT2D eigenvalue weighted by Gasteiger charge is 2.37. The van der Waals surface area contributed by atoms with Crippen molar-refractivity contribution < 1.29 is 26.3 Å². The summed E-state index contributed by atoms with van der Waals surface area (Å²) in [6, 6.07) is 47.8. The van der Waals surface area contributed by atoms with E-state index in [1.54, 1.807) is 12.1 Å². The van der Waals surface area contributed by atoms with Gasteiger partial charge in [-0.2, -0.15) is 26.3 Å². The van der Waals surface area contributed by atoms with Crippen molar-refractivity contribution in [1.29, 1.82) is 0 Å². The van der Waals surface area contributed by atoms with Crippen LogP contribution in [0.25, 0.3) is 111 Å². The van der Waals surface area contributed by atoms with Crippen LogP contribution in [0, 0.1) is 83.1 Å². The standard InChI is InChI=1S/C73H61F6N3/c1-38-21-42(5)68(43(6)22-38)50-13-17-62-58(31-50)59-32-51(69-44(7)23-39(2)24-45(69)8)14-18-63(59)81(62)66-35-55(54-29-56(72(74,75)76)37-57(30-54)73(77,78)79)36-67(80-66)82-64-19-15-52(70-46(9)25-40(3)26-47(70)10)33-60(64)61-34-53(16-20-65(61)82)71-48(11)27-41(4)28-49(71)12/h13-37H,1-12H3. The highest BCUT2D eigenvalue weighted by atomic mass is 19.4. The maximum atomic E-state index is 14.9. The number of nitrogens with zero attached hydrogens (tertiary/aromatic N) is 3. The molecule has 82 heavy (non-hydrogen) atoms. The molecule has 0 spiro atoms. The number of aromatic nitrogens is 3. The molecular formula is C73H61F6N3. The minimum atomic E-state index is -5.08. The average Bonchev–Trinajstić information content (AvgIpc) is 2.62. The number of hydrogen-bond acceptors (Lipinski definition) is 1. The highest BCUT2D eigenvalue weighted by molar-refractivity contribution is 6.13. The lowest BCUT2D eigenvalue weighted by Gasteiger charge is -2.18. The molecule has 12 aromatic rings. The van der Waals surface area contributed by atoms with E-state index >= 15 is 0 Å². The third-order valence-corrected chi connectivity index (χ3v) is 16.6. The van der Waals surface area contributed by atoms with Crippen molar-refractivity contribution in [2.75, 3.05) is 0 Å². The zero-order valence-corrected chi connectivity index (χ0v) is 48.0. The van der Waals surface area contributed by atoms with Gasteiger partial charge >= 0.3 is 12.4 Å². The van der Waals surface area contributed by atoms with Gasteiger partial charge in [-0.05, 0) is 262 Å². The molecule has 410 valence electrons. The average molecular weight is 1090 g/mol. The van der Waals surface area contributed by atoms with E-state index < -0.39 is 23.5 Å². The molecule has 0 atom stereocenters. The summed E-state index contributed by atoms with van der Waals surface area (Å²) in [5.74, 6) is 0.619. The molecule has 9 aromatic carbocycles. The van der Waals surface area contributed by atoms with Gasteiger partial charge in [0.2, 0.25) is 0 Å². The maximum Gasteiger partial charge on any atom is 0.416 e. The summed E-state index contributed by atoms with van der Waals surface area (Å²) < 4.78 is 93.2. The van der Waals surface area contributed by atoms with E-state index in [-0.39, 0.29) is 17.2 Å². The lowest BCUT2D eigenvalue weighted by molar-refractivity contribution is -0.143. The Morgan fingerprint density at radius 1 is 0.268 bits per heavy atom. The van der Waals surface area contributed by atoms with Crippen molar-refractivity contribution in [3.8, 4) is 67.3 Å². The molecule has 3 nitrogen and oxygen atoms in total. The summed E-state index contributed by atoms with van der Waals surface area (Å²) in [5, 5.41) is 3.62. The van der Waals surface area contributed by atoms with Crippen LogP contribution in [0.4, 0.5) is 26.3 Å². The Labute approximate surface area is 474 Å². The second-order valence-corrected chi connectivity index (χ2v) is 23.1. The monoisotopic (exact) mass is 1090 g/mol. The smallest absolute Gasteiger partial charge is 0.294 e. The van der Waals surface area contributed by atoms with E-state index in [1.807, 2.05) is 9.13 Å². The number of halogens is 6. The minimum Gasteiger partial charge on any atom is -0.294 e. The van der Waals surface area contributed by atoms with Crippen molar-refractivity contribution in [2.45, 2.75) is 95.4 Å². The number of fused-ring (bicyclic) bond motifs is 6. The predicted molar refractivity (Wildman–Crippen MR) is 327 cm³/mol. The summed E-state index contributed by atoms with van der Waals surface area (Å²) in [6.07, 6.45) is -10.2. The van der Waals surface area contributed by atoms with Gasteiger partial charge in [-0.1, -0.05) is 95.1 Å². The fraction of sp³-hybridized carbons (Fsp3) is 0.192. The van der Waals surface area contributed by atoms with Crippen LogP contribution in [0.2, 0.25) is 0 Å². The van der Waals surface area contributed by atoms with E-state index in [4.69, 9.17) is 4.98 Å². The second kappa shape index (κ2) is 19.5. The van der Waals surface area contributed by atoms with Gasteiger partial charge < -0.3 is 0 Å². The topological polar surface area (TPSA) is 22.8 Å². The number of pyridine rings is 1. The van der Waals surface area contributed by atoms with Crippen LogP contribution in [0.15, 0.2) is 152 Å². The van der Waals surface area contributed by atoms with Gasteiger partial charge in [0.25, 0.3) is 0 Å². The molecule has 0 saturated heterocycles. The van der Waals surface area contributed by atoms with Crippen molar-refractivity contribution in [3.05, 3.63) is 230 Å². The zero-order chi connectivity index (χ0) is 58.2. The molecule has 0 aliphatic rings. The number of alkyl halides is 6. The fourth-order valence-corrected chi connectivity index (χ4v) is 13.7. The molecule has 0 saturated carbocycles. The zero-order valence-electron chi connectivity index (χ0n) is 48.0. The van der Waals surface area contributed by atoms with E-state index in [0.29, 0.717) is 11.6 Å². The van der Waals surface area contributed by atoms with Crippen molar-refractivity contribution in [3.63, 3.8) is 0 Å². The minimum absolute atomic E-state index is 0.122. The third kappa shape index (κ3) is 9.24. The molecule has 0 amide bonds. The van der Waals surface area contributed by atoms with Crippen LogP contribution in [0.5, 0.6) is 0 Å². The van der Waals surface area contributed by atoms with E-state index in [9.17, 15) is 26.3 Å². The molecule has 3 aromatic heterocycles. The summed E-state index contributed by atoms with van der Waals surface area (Å²) >= 11 is 0. The van der Waals surface area contributed by atoms with E-state index in [1.165, 1.54) is 0 Å². The predicted octanol–water partition coefficient (Wildman–Crippen LogP) is 21.3. The van der Waals surface area contributed by atoms with Gasteiger partial charge in [0.05, 0.1) is 33.2 Å². The van der Waals surface area contributed by atoms with Gasteiger partial charge in [-0.3, -0.25) is 9.13 Å². The number of benzene rings is 9. The lowest BCUT2D eigenvalue weighted by atomic mass is 9.91. The Kier molecular flexibility index (Phi) is 12.8. The summed E-state index contributed by atoms with van der Waals surface area (Å²) in [6.45, 7) is 25.3.